The van der Waals surface area contributed by atoms with Crippen LogP contribution in [0.4, 0.5) is 0 Å². The first-order valence-corrected chi connectivity index (χ1v) is 8.37. The molecule has 3 rings (SSSR count). The number of nitrogens with one attached hydrogen (secondary N) is 1. The Labute approximate surface area is 146 Å². The summed E-state index contributed by atoms with van der Waals surface area (Å²) < 4.78 is 10.8. The van der Waals surface area contributed by atoms with Crippen molar-refractivity contribution in [2.75, 3.05) is 6.54 Å². The molecule has 1 aliphatic rings. The van der Waals surface area contributed by atoms with Gasteiger partial charge >= 0.3 is 5.97 Å². The second-order valence-corrected chi connectivity index (χ2v) is 6.26. The number of carbonyl (C=O) groups is 2. The monoisotopic (exact) mass is 339 g/mol. The summed E-state index contributed by atoms with van der Waals surface area (Å²) in [5.41, 5.74) is 0.903. The standard InChI is InChI=1S/C20H21NO4/c1-14-11-17(14)18-9-7-16(25-18)8-10-19(22)21-12-20(23)24-13-15-5-3-2-4-6-15/h2-10,14,17H,11-13H2,1H3,(H,21,22)/b10-8+. The van der Waals surface area contributed by atoms with Crippen molar-refractivity contribution in [3.8, 4) is 0 Å². The SMILES string of the molecule is CC1CC1c1ccc(/C=C/C(=O)NCC(=O)OCc2ccccc2)o1. The van der Waals surface area contributed by atoms with Crippen molar-refractivity contribution in [2.45, 2.75) is 25.9 Å². The van der Waals surface area contributed by atoms with E-state index in [-0.39, 0.29) is 19.1 Å². The van der Waals surface area contributed by atoms with E-state index in [0.717, 1.165) is 17.7 Å². The topological polar surface area (TPSA) is 68.5 Å². The van der Waals surface area contributed by atoms with Gasteiger partial charge in [0.25, 0.3) is 0 Å². The predicted molar refractivity (Wildman–Crippen MR) is 93.5 cm³/mol. The van der Waals surface area contributed by atoms with Crippen molar-refractivity contribution in [3.05, 3.63) is 65.6 Å². The summed E-state index contributed by atoms with van der Waals surface area (Å²) in [6.45, 7) is 2.21. The Morgan fingerprint density at radius 3 is 2.72 bits per heavy atom. The van der Waals surface area contributed by atoms with Crippen LogP contribution in [-0.2, 0) is 20.9 Å². The van der Waals surface area contributed by atoms with Crippen LogP contribution in [0.15, 0.2) is 53.0 Å². The molecule has 0 aliphatic heterocycles. The van der Waals surface area contributed by atoms with Gasteiger partial charge in [0, 0.05) is 12.0 Å². The van der Waals surface area contributed by atoms with Crippen molar-refractivity contribution < 1.29 is 18.7 Å². The third-order valence-electron chi connectivity index (χ3n) is 4.17. The highest BCUT2D eigenvalue weighted by atomic mass is 16.5. The van der Waals surface area contributed by atoms with Crippen LogP contribution < -0.4 is 5.32 Å². The lowest BCUT2D eigenvalue weighted by Gasteiger charge is -2.05. The highest BCUT2D eigenvalue weighted by Gasteiger charge is 2.36. The number of hydrogen-bond donors (Lipinski definition) is 1. The zero-order valence-corrected chi connectivity index (χ0v) is 14.1. The summed E-state index contributed by atoms with van der Waals surface area (Å²) >= 11 is 0. The van der Waals surface area contributed by atoms with Gasteiger partial charge in [-0.3, -0.25) is 9.59 Å². The molecule has 0 bridgehead atoms. The molecule has 1 aliphatic carbocycles. The van der Waals surface area contributed by atoms with Gasteiger partial charge in [-0.25, -0.2) is 0 Å². The van der Waals surface area contributed by atoms with Crippen LogP contribution in [0.3, 0.4) is 0 Å². The first kappa shape index (κ1) is 17.0. The summed E-state index contributed by atoms with van der Waals surface area (Å²) in [7, 11) is 0. The lowest BCUT2D eigenvalue weighted by atomic mass is 10.2. The van der Waals surface area contributed by atoms with Crippen molar-refractivity contribution in [3.63, 3.8) is 0 Å². The molecule has 1 aromatic carbocycles. The minimum atomic E-state index is -0.478. The van der Waals surface area contributed by atoms with E-state index in [4.69, 9.17) is 9.15 Å². The molecule has 130 valence electrons. The molecule has 2 aromatic rings. The van der Waals surface area contributed by atoms with Crippen LogP contribution in [0, 0.1) is 5.92 Å². The molecule has 5 heteroatoms. The van der Waals surface area contributed by atoms with Gasteiger partial charge in [0.2, 0.25) is 5.91 Å². The molecule has 1 aromatic heterocycles. The average Bonchev–Trinajstić information content (AvgIpc) is 3.17. The molecule has 2 atom stereocenters. The molecule has 5 nitrogen and oxygen atoms in total. The fraction of sp³-hybridized carbons (Fsp3) is 0.300. The third-order valence-corrected chi connectivity index (χ3v) is 4.17. The van der Waals surface area contributed by atoms with E-state index in [0.29, 0.717) is 17.6 Å². The van der Waals surface area contributed by atoms with Gasteiger partial charge in [-0.05, 0) is 36.1 Å². The van der Waals surface area contributed by atoms with Crippen molar-refractivity contribution >= 4 is 18.0 Å². The maximum absolute atomic E-state index is 11.8. The Hall–Kier alpha value is -2.82. The average molecular weight is 339 g/mol. The summed E-state index contributed by atoms with van der Waals surface area (Å²) in [4.78, 5) is 23.4. The molecule has 1 N–H and O–H groups in total. The van der Waals surface area contributed by atoms with Crippen molar-refractivity contribution in [1.29, 1.82) is 0 Å². The van der Waals surface area contributed by atoms with Gasteiger partial charge in [0.15, 0.2) is 0 Å². The van der Waals surface area contributed by atoms with Crippen LogP contribution in [0.25, 0.3) is 6.08 Å². The van der Waals surface area contributed by atoms with Crippen molar-refractivity contribution in [1.82, 2.24) is 5.32 Å². The molecular weight excluding hydrogens is 318 g/mol. The van der Waals surface area contributed by atoms with Gasteiger partial charge in [-0.15, -0.1) is 0 Å². The maximum Gasteiger partial charge on any atom is 0.325 e. The number of ether oxygens (including phenoxy) is 1. The van der Waals surface area contributed by atoms with E-state index in [1.165, 1.54) is 6.08 Å². The summed E-state index contributed by atoms with van der Waals surface area (Å²) in [6.07, 6.45) is 4.10. The maximum atomic E-state index is 11.8. The molecular formula is C20H21NO4. The number of esters is 1. The molecule has 1 amide bonds. The minimum absolute atomic E-state index is 0.168. The number of rotatable bonds is 7. The van der Waals surface area contributed by atoms with Crippen LogP contribution in [0.1, 0.15) is 36.3 Å². The molecule has 1 saturated carbocycles. The van der Waals surface area contributed by atoms with E-state index >= 15 is 0 Å². The lowest BCUT2D eigenvalue weighted by Crippen LogP contribution is -2.29. The first-order valence-electron chi connectivity index (χ1n) is 8.37. The number of benzene rings is 1. The van der Waals surface area contributed by atoms with Crippen LogP contribution >= 0.6 is 0 Å². The van der Waals surface area contributed by atoms with Crippen LogP contribution in [-0.4, -0.2) is 18.4 Å². The summed E-state index contributed by atoms with van der Waals surface area (Å²) in [5.74, 6) is 1.94. The van der Waals surface area contributed by atoms with Gasteiger partial charge in [0.1, 0.15) is 24.7 Å². The lowest BCUT2D eigenvalue weighted by molar-refractivity contribution is -0.144. The Bertz CT molecular complexity index is 763. The van der Waals surface area contributed by atoms with E-state index in [1.807, 2.05) is 42.5 Å². The predicted octanol–water partition coefficient (Wildman–Crippen LogP) is 3.28. The van der Waals surface area contributed by atoms with Gasteiger partial charge in [-0.2, -0.15) is 0 Å². The fourth-order valence-electron chi connectivity index (χ4n) is 2.54. The first-order chi connectivity index (χ1) is 12.1. The number of furan rings is 1. The van der Waals surface area contributed by atoms with Crippen LogP contribution in [0.5, 0.6) is 0 Å². The fourth-order valence-corrected chi connectivity index (χ4v) is 2.54. The summed E-state index contributed by atoms with van der Waals surface area (Å²) in [6, 6.07) is 13.2. The van der Waals surface area contributed by atoms with Gasteiger partial charge < -0.3 is 14.5 Å². The second-order valence-electron chi connectivity index (χ2n) is 6.26. The van der Waals surface area contributed by atoms with E-state index in [9.17, 15) is 9.59 Å². The smallest absolute Gasteiger partial charge is 0.325 e. The second kappa shape index (κ2) is 7.83. The minimum Gasteiger partial charge on any atom is -0.461 e. The number of hydrogen-bond acceptors (Lipinski definition) is 4. The summed E-state index contributed by atoms with van der Waals surface area (Å²) in [5, 5.41) is 2.50. The zero-order chi connectivity index (χ0) is 17.6. The Kier molecular flexibility index (Phi) is 5.33. The van der Waals surface area contributed by atoms with Gasteiger partial charge in [0.05, 0.1) is 0 Å². The highest BCUT2D eigenvalue weighted by molar-refractivity contribution is 5.93. The molecule has 25 heavy (non-hydrogen) atoms. The molecule has 1 heterocycles. The van der Waals surface area contributed by atoms with E-state index in [2.05, 4.69) is 12.2 Å². The Morgan fingerprint density at radius 1 is 1.24 bits per heavy atom. The Balaban J connectivity index is 1.38. The van der Waals surface area contributed by atoms with Crippen LogP contribution in [0.2, 0.25) is 0 Å². The molecule has 1 fully saturated rings. The highest BCUT2D eigenvalue weighted by Crippen LogP contribution is 2.47. The van der Waals surface area contributed by atoms with Crippen molar-refractivity contribution in [2.24, 2.45) is 5.92 Å². The third kappa shape index (κ3) is 5.08. The van der Waals surface area contributed by atoms with E-state index < -0.39 is 5.97 Å². The largest absolute Gasteiger partial charge is 0.461 e. The molecule has 0 spiro atoms. The number of amides is 1. The normalized spacial score (nSPS) is 18.9. The van der Waals surface area contributed by atoms with Gasteiger partial charge in [-0.1, -0.05) is 37.3 Å². The molecule has 0 saturated heterocycles. The Morgan fingerprint density at radius 2 is 2.00 bits per heavy atom. The molecule has 2 unspecified atom stereocenters. The zero-order valence-electron chi connectivity index (χ0n) is 14.1. The molecule has 0 radical (unpaired) electrons. The van der Waals surface area contributed by atoms with E-state index in [1.54, 1.807) is 6.08 Å². The number of carbonyl (C=O) groups excluding carboxylic acids is 2. The quantitative estimate of drug-likeness (QED) is 0.621.